The van der Waals surface area contributed by atoms with Crippen molar-refractivity contribution in [2.24, 2.45) is 0 Å². The van der Waals surface area contributed by atoms with Gasteiger partial charge < -0.3 is 5.32 Å². The molecule has 0 unspecified atom stereocenters. The van der Waals surface area contributed by atoms with E-state index >= 15 is 0 Å². The molecular formula is C17H22KN. The molecule has 0 bridgehead atoms. The molecule has 0 radical (unpaired) electrons. The Balaban J connectivity index is 0.000000597. The first kappa shape index (κ1) is 18.7. The van der Waals surface area contributed by atoms with Gasteiger partial charge in [0.05, 0.1) is 0 Å². The number of hydrogen-bond acceptors (Lipinski definition) is 1. The minimum absolute atomic E-state index is 0. The monoisotopic (exact) mass is 279 g/mol. The largest absolute Gasteiger partial charge is 1.00 e. The summed E-state index contributed by atoms with van der Waals surface area (Å²) < 4.78 is 0. The number of para-hydroxylation sites is 2. The van der Waals surface area contributed by atoms with E-state index in [2.05, 4.69) is 48.1 Å². The minimum Gasteiger partial charge on any atom is -0.418 e. The maximum Gasteiger partial charge on any atom is 1.00 e. The van der Waals surface area contributed by atoms with E-state index < -0.39 is 0 Å². The van der Waals surface area contributed by atoms with Crippen LogP contribution < -0.4 is 56.7 Å². The molecule has 1 heterocycles. The molecule has 1 nitrogen and oxygen atoms in total. The Kier molecular flexibility index (Phi) is 10.4. The van der Waals surface area contributed by atoms with Crippen molar-refractivity contribution in [3.63, 3.8) is 0 Å². The van der Waals surface area contributed by atoms with Gasteiger partial charge >= 0.3 is 51.4 Å². The summed E-state index contributed by atoms with van der Waals surface area (Å²) >= 11 is 0. The van der Waals surface area contributed by atoms with Crippen molar-refractivity contribution in [1.29, 1.82) is 0 Å². The summed E-state index contributed by atoms with van der Waals surface area (Å²) in [6, 6.07) is 16.7. The zero-order valence-electron chi connectivity index (χ0n) is 12.7. The molecule has 0 atom stereocenters. The number of benzene rings is 2. The minimum atomic E-state index is 0. The van der Waals surface area contributed by atoms with E-state index in [1.807, 2.05) is 39.8 Å². The summed E-state index contributed by atoms with van der Waals surface area (Å²) in [6.07, 6.45) is 2.21. The molecule has 0 spiro atoms. The number of rotatable bonds is 0. The van der Waals surface area contributed by atoms with Crippen LogP contribution in [0.15, 0.2) is 48.5 Å². The summed E-state index contributed by atoms with van der Waals surface area (Å²) in [5.74, 6) is 0. The topological polar surface area (TPSA) is 12.0 Å². The van der Waals surface area contributed by atoms with E-state index in [9.17, 15) is 0 Å². The molecule has 1 N–H and O–H groups in total. The number of nitrogens with one attached hydrogen (secondary N) is 1. The van der Waals surface area contributed by atoms with E-state index in [0.717, 1.165) is 0 Å². The van der Waals surface area contributed by atoms with Crippen LogP contribution in [0.2, 0.25) is 0 Å². The molecule has 2 aromatic carbocycles. The zero-order chi connectivity index (χ0) is 13.4. The zero-order valence-corrected chi connectivity index (χ0v) is 15.8. The predicted molar refractivity (Wildman–Crippen MR) is 81.4 cm³/mol. The van der Waals surface area contributed by atoms with Gasteiger partial charge in [-0.2, -0.15) is 0 Å². The number of fused-ring (bicyclic) bond motifs is 2. The van der Waals surface area contributed by atoms with Crippen molar-refractivity contribution in [1.82, 2.24) is 0 Å². The Morgan fingerprint density at radius 2 is 1.05 bits per heavy atom. The van der Waals surface area contributed by atoms with E-state index in [1.54, 1.807) is 0 Å². The molecule has 0 fully saturated rings. The first-order chi connectivity index (χ1) is 8.93. The Morgan fingerprint density at radius 1 is 0.684 bits per heavy atom. The van der Waals surface area contributed by atoms with E-state index in [1.165, 1.54) is 22.5 Å². The predicted octanol–water partition coefficient (Wildman–Crippen LogP) is 2.40. The molecule has 0 aliphatic carbocycles. The summed E-state index contributed by atoms with van der Waals surface area (Å²) in [5, 5.41) is 3.41. The third-order valence-corrected chi connectivity index (χ3v) is 2.50. The van der Waals surface area contributed by atoms with Crippen molar-refractivity contribution < 1.29 is 51.4 Å². The fraction of sp³-hybridized carbons (Fsp3) is 0.235. The smallest absolute Gasteiger partial charge is 0.418 e. The maximum atomic E-state index is 3.41. The van der Waals surface area contributed by atoms with Crippen LogP contribution in [0.4, 0.5) is 11.4 Å². The van der Waals surface area contributed by atoms with E-state index in [-0.39, 0.29) is 51.4 Å². The molecule has 0 saturated heterocycles. The third kappa shape index (κ3) is 4.97. The first-order valence-corrected chi connectivity index (χ1v) is 6.73. The van der Waals surface area contributed by atoms with Gasteiger partial charge in [-0.1, -0.05) is 64.1 Å². The fourth-order valence-electron chi connectivity index (χ4n) is 1.79. The van der Waals surface area contributed by atoms with Crippen LogP contribution in [0.5, 0.6) is 0 Å². The molecule has 0 amide bonds. The van der Waals surface area contributed by atoms with Gasteiger partial charge in [-0.15, -0.1) is 29.7 Å². The molecule has 3 rings (SSSR count). The summed E-state index contributed by atoms with van der Waals surface area (Å²) in [7, 11) is 0. The van der Waals surface area contributed by atoms with Gasteiger partial charge in [0.15, 0.2) is 0 Å². The molecular weight excluding hydrogens is 257 g/mol. The SMILES string of the molecule is CC.CC.[K+].c1ccc2c(c1)[CH-]c1ccccc1N2. The van der Waals surface area contributed by atoms with Crippen LogP contribution >= 0.6 is 0 Å². The Hall–Kier alpha value is -0.254. The van der Waals surface area contributed by atoms with Gasteiger partial charge in [0.2, 0.25) is 0 Å². The normalized spacial score (nSPS) is 9.47. The fourth-order valence-corrected chi connectivity index (χ4v) is 1.79. The van der Waals surface area contributed by atoms with Gasteiger partial charge in [-0.25, -0.2) is 0 Å². The third-order valence-electron chi connectivity index (χ3n) is 2.50. The Labute approximate surface area is 160 Å². The molecule has 2 heteroatoms. The average molecular weight is 279 g/mol. The van der Waals surface area contributed by atoms with Crippen LogP contribution in [-0.4, -0.2) is 0 Å². The van der Waals surface area contributed by atoms with Crippen molar-refractivity contribution in [3.05, 3.63) is 66.1 Å². The number of anilines is 2. The van der Waals surface area contributed by atoms with Crippen LogP contribution in [0.3, 0.4) is 0 Å². The standard InChI is InChI=1S/C13H10N.2C2H6.K/c1-3-7-12-10(5-1)9-11-6-2-4-8-13(11)14-12;2*1-2;/h1-9,14H;2*1-2H3;/q-1;;;+1. The molecule has 0 aromatic heterocycles. The first-order valence-electron chi connectivity index (χ1n) is 6.73. The average Bonchev–Trinajstić information content (AvgIpc) is 2.49. The van der Waals surface area contributed by atoms with Crippen LogP contribution in [-0.2, 0) is 0 Å². The van der Waals surface area contributed by atoms with Gasteiger partial charge in [0.1, 0.15) is 0 Å². The second-order valence-electron chi connectivity index (χ2n) is 3.44. The quantitative estimate of drug-likeness (QED) is 0.492. The molecule has 0 saturated carbocycles. The summed E-state index contributed by atoms with van der Waals surface area (Å²) in [6.45, 7) is 8.00. The van der Waals surface area contributed by atoms with Crippen molar-refractivity contribution >= 4 is 11.4 Å². The molecule has 1 aliphatic heterocycles. The van der Waals surface area contributed by atoms with Crippen LogP contribution in [0, 0.1) is 6.42 Å². The van der Waals surface area contributed by atoms with Gasteiger partial charge in [0, 0.05) is 0 Å². The van der Waals surface area contributed by atoms with Gasteiger partial charge in [-0.3, -0.25) is 0 Å². The molecule has 2 aromatic rings. The molecule has 1 aliphatic rings. The maximum absolute atomic E-state index is 3.41. The summed E-state index contributed by atoms with van der Waals surface area (Å²) in [4.78, 5) is 0. The Bertz CT molecular complexity index is 393. The number of hydrogen-bond donors (Lipinski definition) is 1. The molecule has 19 heavy (non-hydrogen) atoms. The van der Waals surface area contributed by atoms with E-state index in [4.69, 9.17) is 0 Å². The van der Waals surface area contributed by atoms with Crippen molar-refractivity contribution in [2.45, 2.75) is 27.7 Å². The molecule has 96 valence electrons. The van der Waals surface area contributed by atoms with Crippen molar-refractivity contribution in [3.8, 4) is 0 Å². The van der Waals surface area contributed by atoms with Crippen LogP contribution in [0.1, 0.15) is 38.8 Å². The van der Waals surface area contributed by atoms with Gasteiger partial charge in [0.25, 0.3) is 0 Å². The Morgan fingerprint density at radius 3 is 1.47 bits per heavy atom. The van der Waals surface area contributed by atoms with Crippen LogP contribution in [0.25, 0.3) is 0 Å². The van der Waals surface area contributed by atoms with Gasteiger partial charge in [-0.05, 0) is 11.4 Å². The summed E-state index contributed by atoms with van der Waals surface area (Å²) in [5.41, 5.74) is 4.88. The second kappa shape index (κ2) is 10.5. The van der Waals surface area contributed by atoms with E-state index in [0.29, 0.717) is 0 Å². The second-order valence-corrected chi connectivity index (χ2v) is 3.44. The van der Waals surface area contributed by atoms with Crippen molar-refractivity contribution in [2.75, 3.05) is 5.32 Å².